The molecule has 3 atom stereocenters. The van der Waals surface area contributed by atoms with Crippen LogP contribution in [-0.4, -0.2) is 6.18 Å². The van der Waals surface area contributed by atoms with Gasteiger partial charge in [-0.3, -0.25) is 0 Å². The van der Waals surface area contributed by atoms with Crippen molar-refractivity contribution in [3.8, 4) is 0 Å². The van der Waals surface area contributed by atoms with Crippen LogP contribution in [0.1, 0.15) is 56.2 Å². The summed E-state index contributed by atoms with van der Waals surface area (Å²) in [5, 5.41) is 0. The molecule has 0 aliphatic heterocycles. The van der Waals surface area contributed by atoms with E-state index in [9.17, 15) is 13.2 Å². The average molecular weight is 299 g/mol. The van der Waals surface area contributed by atoms with Gasteiger partial charge in [0.15, 0.2) is 0 Å². The van der Waals surface area contributed by atoms with Crippen LogP contribution < -0.4 is 5.73 Å². The molecule has 0 spiro atoms. The van der Waals surface area contributed by atoms with Crippen LogP contribution in [0.5, 0.6) is 0 Å². The molecule has 118 valence electrons. The third-order valence-electron chi connectivity index (χ3n) is 4.58. The van der Waals surface area contributed by atoms with Crippen LogP contribution in [0.3, 0.4) is 0 Å². The zero-order valence-corrected chi connectivity index (χ0v) is 12.5. The standard InChI is InChI=1S/C17H24F3N/c1-2-6-12-7-5-8-13(11-12)16(21)14-9-3-4-10-15(14)17(18,19)20/h5,7-8,11,14-16H,2-4,6,9-10,21H2,1H3. The smallest absolute Gasteiger partial charge is 0.324 e. The van der Waals surface area contributed by atoms with Gasteiger partial charge in [0.05, 0.1) is 5.92 Å². The van der Waals surface area contributed by atoms with Crippen LogP contribution in [0.2, 0.25) is 0 Å². The van der Waals surface area contributed by atoms with Crippen molar-refractivity contribution in [1.82, 2.24) is 0 Å². The maximum Gasteiger partial charge on any atom is 0.392 e. The van der Waals surface area contributed by atoms with Crippen molar-refractivity contribution in [2.24, 2.45) is 17.6 Å². The number of alkyl halides is 3. The zero-order chi connectivity index (χ0) is 15.5. The monoisotopic (exact) mass is 299 g/mol. The molecular weight excluding hydrogens is 275 g/mol. The Bertz CT molecular complexity index is 456. The maximum atomic E-state index is 13.2. The van der Waals surface area contributed by atoms with Gasteiger partial charge in [-0.05, 0) is 36.3 Å². The molecule has 21 heavy (non-hydrogen) atoms. The van der Waals surface area contributed by atoms with Gasteiger partial charge in [0.25, 0.3) is 0 Å². The molecule has 0 amide bonds. The van der Waals surface area contributed by atoms with Crippen molar-refractivity contribution < 1.29 is 13.2 Å². The number of rotatable bonds is 4. The van der Waals surface area contributed by atoms with Gasteiger partial charge < -0.3 is 5.73 Å². The van der Waals surface area contributed by atoms with Crippen molar-refractivity contribution in [3.05, 3.63) is 35.4 Å². The van der Waals surface area contributed by atoms with E-state index < -0.39 is 24.1 Å². The molecule has 1 aliphatic rings. The molecule has 3 unspecified atom stereocenters. The van der Waals surface area contributed by atoms with Gasteiger partial charge in [-0.2, -0.15) is 13.2 Å². The third-order valence-corrected chi connectivity index (χ3v) is 4.58. The number of nitrogens with two attached hydrogens (primary N) is 1. The predicted molar refractivity (Wildman–Crippen MR) is 78.9 cm³/mol. The Morgan fingerprint density at radius 3 is 2.62 bits per heavy atom. The van der Waals surface area contributed by atoms with Crippen molar-refractivity contribution in [2.45, 2.75) is 57.7 Å². The molecule has 1 nitrogen and oxygen atoms in total. The lowest BCUT2D eigenvalue weighted by molar-refractivity contribution is -0.198. The molecule has 1 fully saturated rings. The summed E-state index contributed by atoms with van der Waals surface area (Å²) in [5.41, 5.74) is 8.23. The number of halogens is 3. The lowest BCUT2D eigenvalue weighted by Gasteiger charge is -2.36. The number of benzene rings is 1. The fourth-order valence-corrected chi connectivity index (χ4v) is 3.49. The Balaban J connectivity index is 2.20. The van der Waals surface area contributed by atoms with E-state index in [0.29, 0.717) is 12.8 Å². The van der Waals surface area contributed by atoms with Crippen molar-refractivity contribution in [1.29, 1.82) is 0 Å². The van der Waals surface area contributed by atoms with Gasteiger partial charge in [-0.25, -0.2) is 0 Å². The Hall–Kier alpha value is -1.03. The first-order valence-electron chi connectivity index (χ1n) is 7.84. The van der Waals surface area contributed by atoms with Gasteiger partial charge in [0, 0.05) is 6.04 Å². The summed E-state index contributed by atoms with van der Waals surface area (Å²) in [7, 11) is 0. The molecule has 0 heterocycles. The number of hydrogen-bond donors (Lipinski definition) is 1. The molecule has 1 saturated carbocycles. The van der Waals surface area contributed by atoms with Crippen molar-refractivity contribution in [2.75, 3.05) is 0 Å². The van der Waals surface area contributed by atoms with Gasteiger partial charge in [-0.15, -0.1) is 0 Å². The second-order valence-corrected chi connectivity index (χ2v) is 6.12. The fraction of sp³-hybridized carbons (Fsp3) is 0.647. The van der Waals surface area contributed by atoms with Crippen LogP contribution in [-0.2, 0) is 6.42 Å². The molecule has 4 heteroatoms. The molecule has 1 aromatic rings. The van der Waals surface area contributed by atoms with Crippen LogP contribution in [0.25, 0.3) is 0 Å². The number of hydrogen-bond acceptors (Lipinski definition) is 1. The highest BCUT2D eigenvalue weighted by molar-refractivity contribution is 5.26. The molecule has 1 aliphatic carbocycles. The van der Waals surface area contributed by atoms with Gasteiger partial charge in [0.1, 0.15) is 0 Å². The maximum absolute atomic E-state index is 13.2. The van der Waals surface area contributed by atoms with Gasteiger partial charge in [0.2, 0.25) is 0 Å². The molecule has 2 rings (SSSR count). The Morgan fingerprint density at radius 1 is 1.24 bits per heavy atom. The zero-order valence-electron chi connectivity index (χ0n) is 12.5. The van der Waals surface area contributed by atoms with E-state index in [1.165, 1.54) is 0 Å². The topological polar surface area (TPSA) is 26.0 Å². The normalized spacial score (nSPS) is 24.8. The summed E-state index contributed by atoms with van der Waals surface area (Å²) in [4.78, 5) is 0. The van der Waals surface area contributed by atoms with Crippen LogP contribution in [0.4, 0.5) is 13.2 Å². The van der Waals surface area contributed by atoms with Crippen LogP contribution in [0.15, 0.2) is 24.3 Å². The summed E-state index contributed by atoms with van der Waals surface area (Å²) in [6.45, 7) is 2.09. The third kappa shape index (κ3) is 4.00. The quantitative estimate of drug-likeness (QED) is 0.831. The second kappa shape index (κ2) is 6.82. The summed E-state index contributed by atoms with van der Waals surface area (Å²) >= 11 is 0. The molecular formula is C17H24F3N. The van der Waals surface area contributed by atoms with Crippen LogP contribution in [0, 0.1) is 11.8 Å². The minimum atomic E-state index is -4.14. The van der Waals surface area contributed by atoms with Gasteiger partial charge in [-0.1, -0.05) is 50.5 Å². The summed E-state index contributed by atoms with van der Waals surface area (Å²) < 4.78 is 39.6. The molecule has 2 N–H and O–H groups in total. The van der Waals surface area contributed by atoms with E-state index in [0.717, 1.165) is 30.4 Å². The highest BCUT2D eigenvalue weighted by Crippen LogP contribution is 2.45. The van der Waals surface area contributed by atoms with Gasteiger partial charge >= 0.3 is 6.18 Å². The van der Waals surface area contributed by atoms with Crippen LogP contribution >= 0.6 is 0 Å². The molecule has 0 saturated heterocycles. The molecule has 1 aromatic carbocycles. The van der Waals surface area contributed by atoms with E-state index in [4.69, 9.17) is 5.73 Å². The summed E-state index contributed by atoms with van der Waals surface area (Å²) in [6.07, 6.45) is 0.119. The fourth-order valence-electron chi connectivity index (χ4n) is 3.49. The number of aryl methyl sites for hydroxylation is 1. The largest absolute Gasteiger partial charge is 0.392 e. The van der Waals surface area contributed by atoms with Crippen molar-refractivity contribution in [3.63, 3.8) is 0 Å². The Labute approximate surface area is 124 Å². The molecule has 0 radical (unpaired) electrons. The Morgan fingerprint density at radius 2 is 1.95 bits per heavy atom. The second-order valence-electron chi connectivity index (χ2n) is 6.12. The van der Waals surface area contributed by atoms with Crippen molar-refractivity contribution >= 4 is 0 Å². The minimum Gasteiger partial charge on any atom is -0.324 e. The molecule has 0 aromatic heterocycles. The lowest BCUT2D eigenvalue weighted by atomic mass is 9.73. The van der Waals surface area contributed by atoms with E-state index in [-0.39, 0.29) is 6.42 Å². The first-order chi connectivity index (χ1) is 9.93. The average Bonchev–Trinajstić information content (AvgIpc) is 2.46. The SMILES string of the molecule is CCCc1cccc(C(N)C2CCCCC2C(F)(F)F)c1. The molecule has 0 bridgehead atoms. The Kier molecular flexibility index (Phi) is 5.31. The highest BCUT2D eigenvalue weighted by Gasteiger charge is 2.47. The highest BCUT2D eigenvalue weighted by atomic mass is 19.4. The minimum absolute atomic E-state index is 0.219. The van der Waals surface area contributed by atoms with E-state index in [1.54, 1.807) is 0 Å². The summed E-state index contributed by atoms with van der Waals surface area (Å²) in [5.74, 6) is -1.74. The van der Waals surface area contributed by atoms with E-state index in [1.807, 2.05) is 24.3 Å². The van der Waals surface area contributed by atoms with E-state index >= 15 is 0 Å². The first-order valence-corrected chi connectivity index (χ1v) is 7.84. The summed E-state index contributed by atoms with van der Waals surface area (Å²) in [6, 6.07) is 7.25. The lowest BCUT2D eigenvalue weighted by Crippen LogP contribution is -2.38. The van der Waals surface area contributed by atoms with E-state index in [2.05, 4.69) is 6.92 Å². The predicted octanol–water partition coefficient (Wildman–Crippen LogP) is 5.01. The first kappa shape index (κ1) is 16.3.